The Kier molecular flexibility index (Phi) is 6.13. The van der Waals surface area contributed by atoms with Crippen LogP contribution in [0.4, 0.5) is 0 Å². The number of nitrogens with zero attached hydrogens (tertiary/aromatic N) is 1. The van der Waals surface area contributed by atoms with Crippen molar-refractivity contribution < 1.29 is 0 Å². The van der Waals surface area contributed by atoms with Crippen LogP contribution in [0.15, 0.2) is 0 Å². The zero-order chi connectivity index (χ0) is 13.8. The van der Waals surface area contributed by atoms with Crippen molar-refractivity contribution in [1.29, 1.82) is 0 Å². The van der Waals surface area contributed by atoms with E-state index < -0.39 is 0 Å². The van der Waals surface area contributed by atoms with Gasteiger partial charge in [0.05, 0.1) is 0 Å². The monoisotopic (exact) mass is 254 g/mol. The van der Waals surface area contributed by atoms with E-state index >= 15 is 0 Å². The van der Waals surface area contributed by atoms with Gasteiger partial charge in [0.1, 0.15) is 0 Å². The molecule has 108 valence electrons. The van der Waals surface area contributed by atoms with Crippen LogP contribution in [0.3, 0.4) is 0 Å². The van der Waals surface area contributed by atoms with Gasteiger partial charge in [-0.25, -0.2) is 0 Å². The van der Waals surface area contributed by atoms with Gasteiger partial charge in [-0.1, -0.05) is 40.5 Å². The molecule has 1 fully saturated rings. The Bertz CT molecular complexity index is 232. The first kappa shape index (κ1) is 16.0. The minimum absolute atomic E-state index is 0.394. The molecule has 0 heterocycles. The second-order valence-corrected chi connectivity index (χ2v) is 7.41. The summed E-state index contributed by atoms with van der Waals surface area (Å²) < 4.78 is 0. The van der Waals surface area contributed by atoms with Crippen molar-refractivity contribution in [2.45, 2.75) is 71.9 Å². The maximum absolute atomic E-state index is 3.54. The van der Waals surface area contributed by atoms with Crippen LogP contribution < -0.4 is 5.32 Å². The molecule has 0 saturated heterocycles. The lowest BCUT2D eigenvalue weighted by molar-refractivity contribution is 0.0908. The highest BCUT2D eigenvalue weighted by Crippen LogP contribution is 2.31. The van der Waals surface area contributed by atoms with Gasteiger partial charge in [0.2, 0.25) is 0 Å². The molecule has 0 spiro atoms. The largest absolute Gasteiger partial charge is 0.315 e. The number of likely N-dealkylation sites (N-methyl/N-ethyl adjacent to an activating group) is 2. The predicted molar refractivity (Wildman–Crippen MR) is 81.0 cm³/mol. The summed E-state index contributed by atoms with van der Waals surface area (Å²) in [6.45, 7) is 10.5. The van der Waals surface area contributed by atoms with Crippen molar-refractivity contribution in [3.05, 3.63) is 0 Å². The minimum atomic E-state index is 0.394. The Balaban J connectivity index is 2.61. The van der Waals surface area contributed by atoms with E-state index in [9.17, 15) is 0 Å². The number of hydrogen-bond acceptors (Lipinski definition) is 2. The van der Waals surface area contributed by atoms with Crippen LogP contribution in [0.5, 0.6) is 0 Å². The lowest BCUT2D eigenvalue weighted by Crippen LogP contribution is -2.52. The van der Waals surface area contributed by atoms with E-state index in [-0.39, 0.29) is 0 Å². The molecule has 1 N–H and O–H groups in total. The quantitative estimate of drug-likeness (QED) is 0.807. The lowest BCUT2D eigenvalue weighted by Gasteiger charge is -2.43. The van der Waals surface area contributed by atoms with Crippen LogP contribution in [-0.2, 0) is 0 Å². The van der Waals surface area contributed by atoms with E-state index in [0.29, 0.717) is 11.5 Å². The molecule has 1 rings (SSSR count). The molecular weight excluding hydrogens is 220 g/mol. The molecule has 18 heavy (non-hydrogen) atoms. The van der Waals surface area contributed by atoms with Crippen LogP contribution in [0.2, 0.25) is 0 Å². The molecule has 1 aliphatic rings. The molecule has 0 aromatic rings. The molecule has 0 aromatic carbocycles. The normalized spacial score (nSPS) is 29.8. The molecule has 0 radical (unpaired) electrons. The first-order valence-corrected chi connectivity index (χ1v) is 7.75. The van der Waals surface area contributed by atoms with E-state index in [1.54, 1.807) is 0 Å². The maximum atomic E-state index is 3.54. The molecule has 0 aliphatic heterocycles. The molecule has 0 amide bonds. The Morgan fingerprint density at radius 2 is 1.89 bits per heavy atom. The van der Waals surface area contributed by atoms with Crippen LogP contribution in [0.25, 0.3) is 0 Å². The summed E-state index contributed by atoms with van der Waals surface area (Å²) >= 11 is 0. The molecule has 1 saturated carbocycles. The van der Waals surface area contributed by atoms with Crippen molar-refractivity contribution in [1.82, 2.24) is 10.2 Å². The molecule has 0 aromatic heterocycles. The SMILES string of the molecule is CCCC1CCC(NC)C(N(C)CC(C)(C)C)C1. The van der Waals surface area contributed by atoms with Crippen molar-refractivity contribution in [2.24, 2.45) is 11.3 Å². The van der Waals surface area contributed by atoms with Crippen LogP contribution in [-0.4, -0.2) is 37.6 Å². The summed E-state index contributed by atoms with van der Waals surface area (Å²) in [6.07, 6.45) is 6.90. The molecule has 3 atom stereocenters. The predicted octanol–water partition coefficient (Wildman–Crippen LogP) is 3.52. The van der Waals surface area contributed by atoms with Gasteiger partial charge in [-0.05, 0) is 44.7 Å². The Hall–Kier alpha value is -0.0800. The van der Waals surface area contributed by atoms with Gasteiger partial charge >= 0.3 is 0 Å². The van der Waals surface area contributed by atoms with Crippen LogP contribution >= 0.6 is 0 Å². The second-order valence-electron chi connectivity index (χ2n) is 7.41. The number of hydrogen-bond donors (Lipinski definition) is 1. The molecule has 0 bridgehead atoms. The molecule has 2 nitrogen and oxygen atoms in total. The highest BCUT2D eigenvalue weighted by atomic mass is 15.2. The molecule has 1 aliphatic carbocycles. The Morgan fingerprint density at radius 3 is 2.39 bits per heavy atom. The van der Waals surface area contributed by atoms with Crippen LogP contribution in [0, 0.1) is 11.3 Å². The maximum Gasteiger partial charge on any atom is 0.0249 e. The third-order valence-electron chi connectivity index (χ3n) is 4.28. The Morgan fingerprint density at radius 1 is 1.22 bits per heavy atom. The number of rotatable bonds is 5. The van der Waals surface area contributed by atoms with Gasteiger partial charge in [0.25, 0.3) is 0 Å². The van der Waals surface area contributed by atoms with E-state index in [1.165, 1.54) is 38.6 Å². The van der Waals surface area contributed by atoms with Crippen molar-refractivity contribution >= 4 is 0 Å². The molecule has 3 unspecified atom stereocenters. The fourth-order valence-electron chi connectivity index (χ4n) is 3.59. The summed E-state index contributed by atoms with van der Waals surface area (Å²) in [4.78, 5) is 2.60. The van der Waals surface area contributed by atoms with E-state index in [2.05, 4.69) is 52.0 Å². The van der Waals surface area contributed by atoms with Gasteiger partial charge in [0, 0.05) is 18.6 Å². The average molecular weight is 254 g/mol. The Labute approximate surface area is 115 Å². The smallest absolute Gasteiger partial charge is 0.0249 e. The third-order valence-corrected chi connectivity index (χ3v) is 4.28. The van der Waals surface area contributed by atoms with Crippen molar-refractivity contribution in [2.75, 3.05) is 20.6 Å². The lowest BCUT2D eigenvalue weighted by atomic mass is 9.79. The van der Waals surface area contributed by atoms with E-state index in [1.807, 2.05) is 0 Å². The highest BCUT2D eigenvalue weighted by Gasteiger charge is 2.32. The molecular formula is C16H34N2. The van der Waals surface area contributed by atoms with Crippen LogP contribution in [0.1, 0.15) is 59.8 Å². The summed E-state index contributed by atoms with van der Waals surface area (Å²) in [5, 5.41) is 3.54. The van der Waals surface area contributed by atoms with Gasteiger partial charge in [-0.2, -0.15) is 0 Å². The van der Waals surface area contributed by atoms with Crippen molar-refractivity contribution in [3.8, 4) is 0 Å². The van der Waals surface area contributed by atoms with E-state index in [0.717, 1.165) is 12.0 Å². The summed E-state index contributed by atoms with van der Waals surface area (Å²) in [7, 11) is 4.44. The second kappa shape index (κ2) is 6.91. The zero-order valence-electron chi connectivity index (χ0n) is 13.4. The summed E-state index contributed by atoms with van der Waals surface area (Å²) in [5.74, 6) is 0.951. The number of nitrogens with one attached hydrogen (secondary N) is 1. The first-order chi connectivity index (χ1) is 8.37. The fraction of sp³-hybridized carbons (Fsp3) is 1.00. The first-order valence-electron chi connectivity index (χ1n) is 7.75. The fourth-order valence-corrected chi connectivity index (χ4v) is 3.59. The van der Waals surface area contributed by atoms with Gasteiger partial charge in [-0.15, -0.1) is 0 Å². The van der Waals surface area contributed by atoms with Gasteiger partial charge in [0.15, 0.2) is 0 Å². The van der Waals surface area contributed by atoms with Crippen molar-refractivity contribution in [3.63, 3.8) is 0 Å². The molecule has 2 heteroatoms. The average Bonchev–Trinajstić information content (AvgIpc) is 2.27. The van der Waals surface area contributed by atoms with E-state index in [4.69, 9.17) is 0 Å². The third kappa shape index (κ3) is 4.89. The van der Waals surface area contributed by atoms with Gasteiger partial charge in [-0.3, -0.25) is 0 Å². The standard InChI is InChI=1S/C16H34N2/c1-7-8-13-9-10-14(17-5)15(11-13)18(6)12-16(2,3)4/h13-15,17H,7-12H2,1-6H3. The topological polar surface area (TPSA) is 15.3 Å². The summed E-state index contributed by atoms with van der Waals surface area (Å²) in [6, 6.07) is 1.41. The minimum Gasteiger partial charge on any atom is -0.315 e. The summed E-state index contributed by atoms with van der Waals surface area (Å²) in [5.41, 5.74) is 0.394. The highest BCUT2D eigenvalue weighted by molar-refractivity contribution is 4.90. The van der Waals surface area contributed by atoms with Gasteiger partial charge < -0.3 is 10.2 Å². The zero-order valence-corrected chi connectivity index (χ0v) is 13.4.